The zero-order chi connectivity index (χ0) is 13.0. The maximum Gasteiger partial charge on any atom is 0.0540 e. The van der Waals surface area contributed by atoms with E-state index in [-0.39, 0.29) is 6.10 Å². The molecular weight excluding hydrogens is 244 g/mol. The molecule has 1 aliphatic carbocycles. The van der Waals surface area contributed by atoms with E-state index < -0.39 is 0 Å². The predicted octanol–water partition coefficient (Wildman–Crippen LogP) is 4.52. The van der Waals surface area contributed by atoms with Crippen molar-refractivity contribution in [1.82, 2.24) is 0 Å². The molecule has 1 aromatic carbocycles. The van der Waals surface area contributed by atoms with E-state index in [1.165, 1.54) is 36.8 Å². The largest absolute Gasteiger partial charge is 0.393 e. The van der Waals surface area contributed by atoms with E-state index in [0.717, 1.165) is 30.2 Å². The van der Waals surface area contributed by atoms with Gasteiger partial charge in [0.1, 0.15) is 0 Å². The maximum absolute atomic E-state index is 9.48. The van der Waals surface area contributed by atoms with E-state index in [0.29, 0.717) is 0 Å². The maximum atomic E-state index is 9.48. The van der Waals surface area contributed by atoms with E-state index in [4.69, 9.17) is 11.6 Å². The number of hydrogen-bond donors (Lipinski definition) is 1. The fourth-order valence-corrected chi connectivity index (χ4v) is 3.20. The Hall–Kier alpha value is -0.530. The first-order chi connectivity index (χ1) is 8.65. The lowest BCUT2D eigenvalue weighted by atomic mass is 9.84. The highest BCUT2D eigenvalue weighted by Gasteiger charge is 2.18. The Kier molecular flexibility index (Phi) is 5.08. The summed E-state index contributed by atoms with van der Waals surface area (Å²) in [5.74, 6) is 0.817. The van der Waals surface area contributed by atoms with Gasteiger partial charge >= 0.3 is 0 Å². The van der Waals surface area contributed by atoms with Gasteiger partial charge in [-0.3, -0.25) is 0 Å². The highest BCUT2D eigenvalue weighted by atomic mass is 35.5. The smallest absolute Gasteiger partial charge is 0.0540 e. The highest BCUT2D eigenvalue weighted by Crippen LogP contribution is 2.29. The summed E-state index contributed by atoms with van der Waals surface area (Å²) in [5, 5.41) is 10.4. The topological polar surface area (TPSA) is 20.2 Å². The van der Waals surface area contributed by atoms with Crippen LogP contribution in [0.4, 0.5) is 0 Å². The first kappa shape index (κ1) is 13.9. The summed E-state index contributed by atoms with van der Waals surface area (Å²) >= 11 is 6.24. The Morgan fingerprint density at radius 1 is 1.22 bits per heavy atom. The number of hydrogen-bond acceptors (Lipinski definition) is 1. The number of halogens is 1. The number of benzene rings is 1. The van der Waals surface area contributed by atoms with Crippen LogP contribution in [0.1, 0.15) is 49.7 Å². The van der Waals surface area contributed by atoms with Gasteiger partial charge in [-0.1, -0.05) is 30.2 Å². The van der Waals surface area contributed by atoms with Crippen molar-refractivity contribution in [3.63, 3.8) is 0 Å². The van der Waals surface area contributed by atoms with Crippen LogP contribution in [0, 0.1) is 12.8 Å². The van der Waals surface area contributed by atoms with Crippen LogP contribution in [0.2, 0.25) is 5.02 Å². The van der Waals surface area contributed by atoms with Gasteiger partial charge in [0.25, 0.3) is 0 Å². The highest BCUT2D eigenvalue weighted by molar-refractivity contribution is 6.31. The van der Waals surface area contributed by atoms with E-state index in [1.807, 2.05) is 6.07 Å². The van der Waals surface area contributed by atoms with E-state index in [9.17, 15) is 5.11 Å². The molecule has 1 aromatic rings. The van der Waals surface area contributed by atoms with Gasteiger partial charge in [-0.15, -0.1) is 0 Å². The van der Waals surface area contributed by atoms with Gasteiger partial charge in [-0.2, -0.15) is 0 Å². The van der Waals surface area contributed by atoms with Crippen molar-refractivity contribution in [2.45, 2.75) is 58.0 Å². The van der Waals surface area contributed by atoms with E-state index >= 15 is 0 Å². The Labute approximate surface area is 115 Å². The summed E-state index contributed by atoms with van der Waals surface area (Å²) < 4.78 is 0. The van der Waals surface area contributed by atoms with E-state index in [2.05, 4.69) is 19.1 Å². The Bertz CT molecular complexity index is 381. The zero-order valence-electron chi connectivity index (χ0n) is 11.2. The third-order valence-electron chi connectivity index (χ3n) is 4.08. The Morgan fingerprint density at radius 3 is 2.61 bits per heavy atom. The molecule has 0 aliphatic heterocycles. The van der Waals surface area contributed by atoms with Crippen LogP contribution in [0.5, 0.6) is 0 Å². The van der Waals surface area contributed by atoms with Gasteiger partial charge < -0.3 is 5.11 Å². The van der Waals surface area contributed by atoms with Crippen LogP contribution >= 0.6 is 11.6 Å². The molecule has 18 heavy (non-hydrogen) atoms. The van der Waals surface area contributed by atoms with Crippen molar-refractivity contribution in [3.05, 3.63) is 34.3 Å². The average Bonchev–Trinajstić information content (AvgIpc) is 2.34. The molecule has 1 fully saturated rings. The van der Waals surface area contributed by atoms with Crippen LogP contribution in [0.3, 0.4) is 0 Å². The second kappa shape index (κ2) is 6.58. The van der Waals surface area contributed by atoms with Crippen molar-refractivity contribution in [2.24, 2.45) is 5.92 Å². The predicted molar refractivity (Wildman–Crippen MR) is 77.1 cm³/mol. The number of aryl methyl sites for hydroxylation is 2. The number of aliphatic hydroxyl groups excluding tert-OH is 1. The fourth-order valence-electron chi connectivity index (χ4n) is 2.87. The molecule has 2 rings (SSSR count). The molecule has 0 bridgehead atoms. The lowest BCUT2D eigenvalue weighted by Crippen LogP contribution is -2.18. The van der Waals surface area contributed by atoms with Gasteiger partial charge in [0.05, 0.1) is 6.10 Å². The molecule has 0 atom stereocenters. The molecular formula is C16H23ClO. The first-order valence-electron chi connectivity index (χ1n) is 7.08. The van der Waals surface area contributed by atoms with Crippen LogP contribution in [-0.4, -0.2) is 11.2 Å². The third-order valence-corrected chi connectivity index (χ3v) is 4.44. The summed E-state index contributed by atoms with van der Waals surface area (Å²) in [7, 11) is 0. The molecule has 1 nitrogen and oxygen atoms in total. The molecule has 100 valence electrons. The Morgan fingerprint density at radius 2 is 1.94 bits per heavy atom. The summed E-state index contributed by atoms with van der Waals surface area (Å²) in [6, 6.07) is 6.34. The summed E-state index contributed by atoms with van der Waals surface area (Å²) in [6.07, 6.45) is 7.92. The number of aliphatic hydroxyl groups is 1. The molecule has 1 saturated carbocycles. The standard InChI is InChI=1S/C16H23ClO/c1-12-5-8-14(16(17)11-12)4-2-3-13-6-9-15(18)10-7-13/h5,8,11,13,15,18H,2-4,6-7,9-10H2,1H3/t13-,15-. The van der Waals surface area contributed by atoms with Crippen LogP contribution in [0.15, 0.2) is 18.2 Å². The van der Waals surface area contributed by atoms with Crippen LogP contribution < -0.4 is 0 Å². The van der Waals surface area contributed by atoms with Crippen molar-refractivity contribution in [3.8, 4) is 0 Å². The Balaban J connectivity index is 1.75. The minimum atomic E-state index is -0.0345. The van der Waals surface area contributed by atoms with Gasteiger partial charge in [-0.05, 0) is 68.6 Å². The lowest BCUT2D eigenvalue weighted by molar-refractivity contribution is 0.106. The molecule has 0 heterocycles. The minimum absolute atomic E-state index is 0.0345. The fraction of sp³-hybridized carbons (Fsp3) is 0.625. The van der Waals surface area contributed by atoms with Gasteiger partial charge in [0.15, 0.2) is 0 Å². The van der Waals surface area contributed by atoms with Crippen molar-refractivity contribution < 1.29 is 5.11 Å². The molecule has 0 unspecified atom stereocenters. The summed E-state index contributed by atoms with van der Waals surface area (Å²) in [5.41, 5.74) is 2.50. The van der Waals surface area contributed by atoms with Gasteiger partial charge in [-0.25, -0.2) is 0 Å². The van der Waals surface area contributed by atoms with Gasteiger partial charge in [0, 0.05) is 5.02 Å². The number of rotatable bonds is 4. The van der Waals surface area contributed by atoms with Gasteiger partial charge in [0.2, 0.25) is 0 Å². The molecule has 1 N–H and O–H groups in total. The lowest BCUT2D eigenvalue weighted by Gasteiger charge is -2.25. The molecule has 2 heteroatoms. The van der Waals surface area contributed by atoms with Crippen LogP contribution in [-0.2, 0) is 6.42 Å². The van der Waals surface area contributed by atoms with Crippen molar-refractivity contribution >= 4 is 11.6 Å². The quantitative estimate of drug-likeness (QED) is 0.849. The minimum Gasteiger partial charge on any atom is -0.393 e. The monoisotopic (exact) mass is 266 g/mol. The van der Waals surface area contributed by atoms with Crippen LogP contribution in [0.25, 0.3) is 0 Å². The first-order valence-corrected chi connectivity index (χ1v) is 7.46. The molecule has 0 amide bonds. The second-order valence-electron chi connectivity index (χ2n) is 5.66. The zero-order valence-corrected chi connectivity index (χ0v) is 11.9. The summed E-state index contributed by atoms with van der Waals surface area (Å²) in [4.78, 5) is 0. The normalized spacial score (nSPS) is 24.2. The molecule has 0 radical (unpaired) electrons. The average molecular weight is 267 g/mol. The molecule has 1 aliphatic rings. The van der Waals surface area contributed by atoms with E-state index in [1.54, 1.807) is 0 Å². The van der Waals surface area contributed by atoms with Crippen molar-refractivity contribution in [2.75, 3.05) is 0 Å². The molecule has 0 aromatic heterocycles. The molecule has 0 saturated heterocycles. The third kappa shape index (κ3) is 4.00. The summed E-state index contributed by atoms with van der Waals surface area (Å²) in [6.45, 7) is 2.07. The second-order valence-corrected chi connectivity index (χ2v) is 6.07. The SMILES string of the molecule is Cc1ccc(CCC[C@H]2CC[C@H](O)CC2)c(Cl)c1. The molecule has 0 spiro atoms. The van der Waals surface area contributed by atoms with Crippen molar-refractivity contribution in [1.29, 1.82) is 0 Å².